The Morgan fingerprint density at radius 3 is 2.22 bits per heavy atom. The minimum absolute atomic E-state index is 0.205. The van der Waals surface area contributed by atoms with Gasteiger partial charge < -0.3 is 20.8 Å². The molecule has 0 bridgehead atoms. The second-order valence-corrected chi connectivity index (χ2v) is 4.88. The van der Waals surface area contributed by atoms with Gasteiger partial charge in [-0.05, 0) is 6.92 Å². The Morgan fingerprint density at radius 1 is 1.28 bits per heavy atom. The van der Waals surface area contributed by atoms with Crippen LogP contribution in [0.5, 0.6) is 0 Å². The number of rotatable bonds is 7. The fourth-order valence-corrected chi connectivity index (χ4v) is 1.05. The monoisotopic (exact) mass is 258 g/mol. The molecule has 0 aliphatic heterocycles. The van der Waals surface area contributed by atoms with Gasteiger partial charge in [0.05, 0.1) is 6.61 Å². The van der Waals surface area contributed by atoms with Crippen LogP contribution < -0.4 is 10.6 Å². The normalized spacial score (nSPS) is 12.7. The number of amides is 2. The van der Waals surface area contributed by atoms with E-state index in [4.69, 9.17) is 5.11 Å². The quantitative estimate of drug-likeness (QED) is 0.354. The van der Waals surface area contributed by atoms with Crippen molar-refractivity contribution < 1.29 is 19.8 Å². The van der Waals surface area contributed by atoms with E-state index in [1.54, 1.807) is 20.8 Å². The highest BCUT2D eigenvalue weighted by Gasteiger charge is 2.32. The molecule has 0 radical (unpaired) electrons. The lowest BCUT2D eigenvalue weighted by molar-refractivity contribution is -0.137. The molecular weight excluding hydrogens is 236 g/mol. The predicted octanol–water partition coefficient (Wildman–Crippen LogP) is -0.826. The summed E-state index contributed by atoms with van der Waals surface area (Å²) in [5.74, 6) is -0.848. The van der Waals surface area contributed by atoms with Crippen molar-refractivity contribution >= 4 is 11.8 Å². The molecule has 0 spiro atoms. The van der Waals surface area contributed by atoms with Gasteiger partial charge in [0.15, 0.2) is 0 Å². The van der Waals surface area contributed by atoms with E-state index in [0.717, 1.165) is 0 Å². The van der Waals surface area contributed by atoms with Crippen LogP contribution >= 0.6 is 0 Å². The van der Waals surface area contributed by atoms with Gasteiger partial charge in [0.25, 0.3) is 0 Å². The van der Waals surface area contributed by atoms with Crippen molar-refractivity contribution in [2.75, 3.05) is 19.7 Å². The van der Waals surface area contributed by atoms with Crippen molar-refractivity contribution in [1.29, 1.82) is 0 Å². The van der Waals surface area contributed by atoms with Gasteiger partial charge >= 0.3 is 0 Å². The first-order valence-corrected chi connectivity index (χ1v) is 5.72. The molecule has 2 amide bonds. The molecule has 0 aromatic rings. The summed E-state index contributed by atoms with van der Waals surface area (Å²) in [6, 6.07) is 0. The third-order valence-electron chi connectivity index (χ3n) is 2.49. The van der Waals surface area contributed by atoms with Gasteiger partial charge in [0.1, 0.15) is 6.10 Å². The van der Waals surface area contributed by atoms with Crippen LogP contribution in [-0.4, -0.2) is 47.8 Å². The van der Waals surface area contributed by atoms with E-state index in [0.29, 0.717) is 5.57 Å². The highest BCUT2D eigenvalue weighted by molar-refractivity contribution is 5.92. The van der Waals surface area contributed by atoms with Crippen molar-refractivity contribution in [3.05, 3.63) is 12.2 Å². The molecule has 0 aromatic heterocycles. The summed E-state index contributed by atoms with van der Waals surface area (Å²) in [6.45, 7) is 8.39. The first kappa shape index (κ1) is 16.6. The van der Waals surface area contributed by atoms with Crippen LogP contribution in [0.15, 0.2) is 12.2 Å². The minimum atomic E-state index is -1.29. The third kappa shape index (κ3) is 5.29. The zero-order chi connectivity index (χ0) is 14.3. The Labute approximate surface area is 107 Å². The van der Waals surface area contributed by atoms with Crippen LogP contribution in [-0.2, 0) is 9.59 Å². The molecule has 0 aromatic carbocycles. The molecule has 6 nitrogen and oxygen atoms in total. The molecule has 104 valence electrons. The Bertz CT molecular complexity index is 326. The van der Waals surface area contributed by atoms with E-state index >= 15 is 0 Å². The molecule has 6 heteroatoms. The van der Waals surface area contributed by atoms with E-state index in [1.807, 2.05) is 0 Å². The summed E-state index contributed by atoms with van der Waals surface area (Å²) in [4.78, 5) is 22.6. The average molecular weight is 258 g/mol. The Hall–Kier alpha value is -1.40. The van der Waals surface area contributed by atoms with Crippen molar-refractivity contribution in [1.82, 2.24) is 10.6 Å². The highest BCUT2D eigenvalue weighted by atomic mass is 16.3. The summed E-state index contributed by atoms with van der Waals surface area (Å²) in [5.41, 5.74) is -0.506. The van der Waals surface area contributed by atoms with Crippen LogP contribution in [0.1, 0.15) is 20.8 Å². The van der Waals surface area contributed by atoms with Crippen LogP contribution in [0.25, 0.3) is 0 Å². The molecule has 0 aliphatic rings. The molecule has 18 heavy (non-hydrogen) atoms. The van der Waals surface area contributed by atoms with Gasteiger partial charge in [0, 0.05) is 24.1 Å². The summed E-state index contributed by atoms with van der Waals surface area (Å²) < 4.78 is 0. The SMILES string of the molecule is C=C(C)C(=O)NCCNC(=O)[C@H](O)C(C)(C)CO. The number of hydrogen-bond donors (Lipinski definition) is 4. The van der Waals surface area contributed by atoms with E-state index in [9.17, 15) is 14.7 Å². The topological polar surface area (TPSA) is 98.7 Å². The summed E-state index contributed by atoms with van der Waals surface area (Å²) in [7, 11) is 0. The van der Waals surface area contributed by atoms with E-state index in [-0.39, 0.29) is 25.6 Å². The maximum absolute atomic E-state index is 11.5. The summed E-state index contributed by atoms with van der Waals surface area (Å²) >= 11 is 0. The molecule has 0 heterocycles. The van der Waals surface area contributed by atoms with Gasteiger partial charge in [-0.15, -0.1) is 0 Å². The van der Waals surface area contributed by atoms with Crippen molar-refractivity contribution in [3.63, 3.8) is 0 Å². The van der Waals surface area contributed by atoms with E-state index < -0.39 is 17.4 Å². The first-order valence-electron chi connectivity index (χ1n) is 5.72. The number of aliphatic hydroxyl groups is 2. The number of carbonyl (C=O) groups is 2. The Morgan fingerprint density at radius 2 is 1.78 bits per heavy atom. The van der Waals surface area contributed by atoms with E-state index in [1.165, 1.54) is 0 Å². The van der Waals surface area contributed by atoms with Gasteiger partial charge in [0.2, 0.25) is 11.8 Å². The van der Waals surface area contributed by atoms with Crippen LogP contribution in [0.4, 0.5) is 0 Å². The molecule has 0 saturated carbocycles. The lowest BCUT2D eigenvalue weighted by atomic mass is 9.87. The number of carbonyl (C=O) groups excluding carboxylic acids is 2. The number of hydrogen-bond acceptors (Lipinski definition) is 4. The molecule has 0 unspecified atom stereocenters. The smallest absolute Gasteiger partial charge is 0.249 e. The summed E-state index contributed by atoms with van der Waals surface area (Å²) in [6.07, 6.45) is -1.29. The van der Waals surface area contributed by atoms with Gasteiger partial charge in [-0.3, -0.25) is 9.59 Å². The average Bonchev–Trinajstić information content (AvgIpc) is 2.32. The van der Waals surface area contributed by atoms with Crippen LogP contribution in [0.2, 0.25) is 0 Å². The summed E-state index contributed by atoms with van der Waals surface area (Å²) in [5, 5.41) is 23.7. The van der Waals surface area contributed by atoms with E-state index in [2.05, 4.69) is 17.2 Å². The zero-order valence-corrected chi connectivity index (χ0v) is 11.1. The highest BCUT2D eigenvalue weighted by Crippen LogP contribution is 2.19. The molecule has 0 aliphatic carbocycles. The molecule has 0 fully saturated rings. The van der Waals surface area contributed by atoms with Crippen molar-refractivity contribution in [2.45, 2.75) is 26.9 Å². The van der Waals surface area contributed by atoms with Gasteiger partial charge in [-0.25, -0.2) is 0 Å². The number of nitrogens with one attached hydrogen (secondary N) is 2. The minimum Gasteiger partial charge on any atom is -0.396 e. The molecule has 1 atom stereocenters. The Kier molecular flexibility index (Phi) is 6.57. The second-order valence-electron chi connectivity index (χ2n) is 4.88. The van der Waals surface area contributed by atoms with Crippen molar-refractivity contribution in [2.24, 2.45) is 5.41 Å². The third-order valence-corrected chi connectivity index (χ3v) is 2.49. The maximum Gasteiger partial charge on any atom is 0.249 e. The lowest BCUT2D eigenvalue weighted by Crippen LogP contribution is -2.47. The fourth-order valence-electron chi connectivity index (χ4n) is 1.05. The first-order chi connectivity index (χ1) is 8.22. The maximum atomic E-state index is 11.5. The standard InChI is InChI=1S/C12H22N2O4/c1-8(2)10(17)13-5-6-14-11(18)9(16)12(3,4)7-15/h9,15-16H,1,5-7H2,2-4H3,(H,13,17)(H,14,18)/t9-/m0/s1. The van der Waals surface area contributed by atoms with Crippen LogP contribution in [0, 0.1) is 5.41 Å². The largest absolute Gasteiger partial charge is 0.396 e. The van der Waals surface area contributed by atoms with Crippen molar-refractivity contribution in [3.8, 4) is 0 Å². The fraction of sp³-hybridized carbons (Fsp3) is 0.667. The molecule has 0 saturated heterocycles. The number of aliphatic hydroxyl groups excluding tert-OH is 2. The molecular formula is C12H22N2O4. The van der Waals surface area contributed by atoms with Gasteiger partial charge in [-0.1, -0.05) is 20.4 Å². The lowest BCUT2D eigenvalue weighted by Gasteiger charge is -2.27. The molecule has 4 N–H and O–H groups in total. The second kappa shape index (κ2) is 7.13. The zero-order valence-electron chi connectivity index (χ0n) is 11.1. The predicted molar refractivity (Wildman–Crippen MR) is 67.7 cm³/mol. The molecule has 0 rings (SSSR count). The van der Waals surface area contributed by atoms with Crippen LogP contribution in [0.3, 0.4) is 0 Å². The Balaban J connectivity index is 3.98. The van der Waals surface area contributed by atoms with Gasteiger partial charge in [-0.2, -0.15) is 0 Å².